The summed E-state index contributed by atoms with van der Waals surface area (Å²) in [6.07, 6.45) is 52.2. The second-order valence-electron chi connectivity index (χ2n) is 20.4. The second kappa shape index (κ2) is 49.9. The third-order valence-electron chi connectivity index (χ3n) is 13.7. The van der Waals surface area contributed by atoms with E-state index in [0.29, 0.717) is 12.8 Å². The lowest BCUT2D eigenvalue weighted by Crippen LogP contribution is -2.61. The zero-order valence-electron chi connectivity index (χ0n) is 46.5. The lowest BCUT2D eigenvalue weighted by molar-refractivity contribution is -0.305. The molecule has 0 aromatic carbocycles. The van der Waals surface area contributed by atoms with Gasteiger partial charge >= 0.3 is 5.97 Å². The highest BCUT2D eigenvalue weighted by Crippen LogP contribution is 2.26. The first-order valence-electron chi connectivity index (χ1n) is 29.8. The van der Waals surface area contributed by atoms with Crippen LogP contribution >= 0.6 is 0 Å². The summed E-state index contributed by atoms with van der Waals surface area (Å²) in [5.41, 5.74) is 0. The smallest absolute Gasteiger partial charge is 0.306 e. The van der Waals surface area contributed by atoms with Gasteiger partial charge in [0.25, 0.3) is 0 Å². The number of ether oxygens (including phenoxy) is 3. The second-order valence-corrected chi connectivity index (χ2v) is 20.4. The van der Waals surface area contributed by atoms with Gasteiger partial charge in [-0.15, -0.1) is 0 Å². The molecule has 1 heterocycles. The van der Waals surface area contributed by atoms with E-state index in [-0.39, 0.29) is 19.4 Å². The fourth-order valence-corrected chi connectivity index (χ4v) is 8.95. The van der Waals surface area contributed by atoms with Gasteiger partial charge in [-0.05, 0) is 70.6 Å². The van der Waals surface area contributed by atoms with E-state index in [9.17, 15) is 35.1 Å². The molecule has 1 saturated heterocycles. The topological polar surface area (TPSA) is 175 Å². The Morgan fingerprint density at radius 1 is 0.548 bits per heavy atom. The number of rotatable bonds is 49. The van der Waals surface area contributed by atoms with Crippen molar-refractivity contribution >= 4 is 11.9 Å². The molecule has 8 atom stereocenters. The Bertz CT molecular complexity index is 1460. The van der Waals surface area contributed by atoms with Crippen LogP contribution in [0.3, 0.4) is 0 Å². The van der Waals surface area contributed by atoms with E-state index in [4.69, 9.17) is 14.2 Å². The Morgan fingerprint density at radius 2 is 1.00 bits per heavy atom. The van der Waals surface area contributed by atoms with E-state index in [0.717, 1.165) is 89.9 Å². The molecule has 0 aliphatic carbocycles. The quantitative estimate of drug-likeness (QED) is 0.0149. The predicted molar refractivity (Wildman–Crippen MR) is 301 cm³/mol. The molecule has 0 aromatic rings. The SMILES string of the molecule is CC/C=C/C=C/C=C/C=C\CCCCCCCC(=O)OC1C(OCC(NC(=O)C(O)CCCCCCCC/C=C/CCCCCCCC)C(O)/C=C/CCCCCCCCCCCCC)OC(CO)C(O)C1O. The van der Waals surface area contributed by atoms with Crippen LogP contribution in [-0.4, -0.2) is 99.6 Å². The molecule has 0 aromatic heterocycles. The van der Waals surface area contributed by atoms with Gasteiger partial charge < -0.3 is 45.1 Å². The van der Waals surface area contributed by atoms with Crippen molar-refractivity contribution in [3.63, 3.8) is 0 Å². The Balaban J connectivity index is 2.74. The fraction of sp³-hybridized carbons (Fsp3) is 0.774. The fourth-order valence-electron chi connectivity index (χ4n) is 8.95. The number of amides is 1. The summed E-state index contributed by atoms with van der Waals surface area (Å²) in [6, 6.07) is -1.03. The Kier molecular flexibility index (Phi) is 46.6. The van der Waals surface area contributed by atoms with Crippen molar-refractivity contribution in [3.05, 3.63) is 72.9 Å². The van der Waals surface area contributed by atoms with Crippen LogP contribution in [0.1, 0.15) is 245 Å². The van der Waals surface area contributed by atoms with Gasteiger partial charge in [-0.2, -0.15) is 0 Å². The van der Waals surface area contributed by atoms with E-state index in [1.807, 2.05) is 42.5 Å². The highest BCUT2D eigenvalue weighted by molar-refractivity contribution is 5.80. The normalized spacial score (nSPS) is 19.9. The lowest BCUT2D eigenvalue weighted by Gasteiger charge is -2.41. The van der Waals surface area contributed by atoms with Crippen LogP contribution in [0.4, 0.5) is 0 Å². The minimum atomic E-state index is -1.63. The minimum Gasteiger partial charge on any atom is -0.454 e. The first kappa shape index (κ1) is 68.1. The molecule has 0 spiro atoms. The highest BCUT2D eigenvalue weighted by Gasteiger charge is 2.47. The van der Waals surface area contributed by atoms with Crippen molar-refractivity contribution in [2.45, 2.75) is 294 Å². The number of hydrogen-bond donors (Lipinski definition) is 6. The average molecular weight is 1030 g/mol. The number of nitrogens with one attached hydrogen (secondary N) is 1. The van der Waals surface area contributed by atoms with Crippen LogP contribution in [0.5, 0.6) is 0 Å². The Labute approximate surface area is 445 Å². The number of hydrogen-bond acceptors (Lipinski definition) is 10. The molecule has 0 saturated carbocycles. The van der Waals surface area contributed by atoms with Crippen molar-refractivity contribution in [2.24, 2.45) is 0 Å². The molecule has 73 heavy (non-hydrogen) atoms. The summed E-state index contributed by atoms with van der Waals surface area (Å²) < 4.78 is 17.6. The summed E-state index contributed by atoms with van der Waals surface area (Å²) in [5, 5.41) is 56.9. The predicted octanol–water partition coefficient (Wildman–Crippen LogP) is 13.6. The first-order chi connectivity index (χ1) is 35.7. The molecule has 0 radical (unpaired) electrons. The standard InChI is InChI=1S/C62H109NO10/c1-4-7-10-13-16-19-22-25-27-29-31-34-37-40-43-46-49-55(66)61(70)63-53(54(65)48-45-42-39-36-33-30-24-21-18-15-12-9-6-3)52-71-62-60(59(69)58(68)56(51-64)72-62)73-57(67)50-47-44-41-38-35-32-28-26-23-20-17-14-11-8-5-2/h8,11,14,17,20,23,25-28,45,48,53-56,58-60,62,64-66,68-69H,4-7,9-10,12-13,15-16,18-19,21-22,24,29-44,46-47,49-52H2,1-3H3,(H,63,70)/b11-8+,17-14+,23-20+,27-25+,28-26-,48-45+. The van der Waals surface area contributed by atoms with Gasteiger partial charge in [-0.3, -0.25) is 9.59 Å². The van der Waals surface area contributed by atoms with Crippen molar-refractivity contribution in [3.8, 4) is 0 Å². The molecule has 8 unspecified atom stereocenters. The summed E-state index contributed by atoms with van der Waals surface area (Å²) in [7, 11) is 0. The van der Waals surface area contributed by atoms with Crippen molar-refractivity contribution < 1.29 is 49.3 Å². The average Bonchev–Trinajstić information content (AvgIpc) is 3.39. The number of allylic oxidation sites excluding steroid dienone is 11. The molecule has 1 amide bonds. The molecule has 1 aliphatic heterocycles. The largest absolute Gasteiger partial charge is 0.454 e. The van der Waals surface area contributed by atoms with Crippen LogP contribution in [0.25, 0.3) is 0 Å². The van der Waals surface area contributed by atoms with E-state index in [2.05, 4.69) is 50.4 Å². The molecular weight excluding hydrogens is 919 g/mol. The number of carbonyl (C=O) groups excluding carboxylic acids is 2. The monoisotopic (exact) mass is 1030 g/mol. The number of aliphatic hydroxyl groups is 5. The van der Waals surface area contributed by atoms with Gasteiger partial charge in [0.1, 0.15) is 24.4 Å². The zero-order chi connectivity index (χ0) is 53.3. The molecule has 11 heteroatoms. The van der Waals surface area contributed by atoms with Crippen LogP contribution in [-0.2, 0) is 23.8 Å². The maximum absolute atomic E-state index is 13.4. The third kappa shape index (κ3) is 38.3. The molecule has 1 fully saturated rings. The molecule has 422 valence electrons. The van der Waals surface area contributed by atoms with Gasteiger partial charge in [-0.1, -0.05) is 241 Å². The van der Waals surface area contributed by atoms with Gasteiger partial charge in [0.05, 0.1) is 25.4 Å². The molecule has 1 aliphatic rings. The summed E-state index contributed by atoms with van der Waals surface area (Å²) in [4.78, 5) is 26.5. The van der Waals surface area contributed by atoms with E-state index in [1.54, 1.807) is 6.08 Å². The van der Waals surface area contributed by atoms with Crippen LogP contribution < -0.4 is 5.32 Å². The summed E-state index contributed by atoms with van der Waals surface area (Å²) >= 11 is 0. The van der Waals surface area contributed by atoms with E-state index >= 15 is 0 Å². The summed E-state index contributed by atoms with van der Waals surface area (Å²) in [5.74, 6) is -1.22. The molecule has 6 N–H and O–H groups in total. The van der Waals surface area contributed by atoms with Crippen LogP contribution in [0.15, 0.2) is 72.9 Å². The molecular formula is C62H109NO10. The minimum absolute atomic E-state index is 0.0946. The van der Waals surface area contributed by atoms with Gasteiger partial charge in [0, 0.05) is 6.42 Å². The van der Waals surface area contributed by atoms with Crippen LogP contribution in [0.2, 0.25) is 0 Å². The van der Waals surface area contributed by atoms with Gasteiger partial charge in [-0.25, -0.2) is 0 Å². The van der Waals surface area contributed by atoms with Crippen molar-refractivity contribution in [1.82, 2.24) is 5.32 Å². The highest BCUT2D eigenvalue weighted by atomic mass is 16.7. The zero-order valence-corrected chi connectivity index (χ0v) is 46.5. The first-order valence-corrected chi connectivity index (χ1v) is 29.8. The summed E-state index contributed by atoms with van der Waals surface area (Å²) in [6.45, 7) is 5.62. The number of unbranched alkanes of at least 4 members (excludes halogenated alkanes) is 28. The molecule has 1 rings (SSSR count). The number of esters is 1. The maximum atomic E-state index is 13.4. The van der Waals surface area contributed by atoms with Gasteiger partial charge in [0.2, 0.25) is 5.91 Å². The number of aliphatic hydroxyl groups excluding tert-OH is 5. The molecule has 0 bridgehead atoms. The third-order valence-corrected chi connectivity index (χ3v) is 13.7. The maximum Gasteiger partial charge on any atom is 0.306 e. The van der Waals surface area contributed by atoms with E-state index < -0.39 is 67.4 Å². The van der Waals surface area contributed by atoms with E-state index in [1.165, 1.54) is 109 Å². The number of carbonyl (C=O) groups is 2. The molecule has 11 nitrogen and oxygen atoms in total. The Hall–Kier alpha value is -2.90. The van der Waals surface area contributed by atoms with Gasteiger partial charge in [0.15, 0.2) is 12.4 Å². The Morgan fingerprint density at radius 3 is 1.52 bits per heavy atom. The van der Waals surface area contributed by atoms with Crippen LogP contribution in [0, 0.1) is 0 Å². The lowest BCUT2D eigenvalue weighted by atomic mass is 9.99. The van der Waals surface area contributed by atoms with Crippen molar-refractivity contribution in [2.75, 3.05) is 13.2 Å². The van der Waals surface area contributed by atoms with Crippen molar-refractivity contribution in [1.29, 1.82) is 0 Å².